The molecule has 0 fully saturated rings. The molecule has 0 heterocycles. The van der Waals surface area contributed by atoms with E-state index in [-0.39, 0.29) is 21.7 Å². The SMILES string of the molecule is Cc1ccc(S(=O)(=O)O)cc1.[Co]. The number of benzene rings is 1. The van der Waals surface area contributed by atoms with Crippen molar-refractivity contribution in [3.8, 4) is 0 Å². The van der Waals surface area contributed by atoms with E-state index in [1.807, 2.05) is 6.92 Å². The van der Waals surface area contributed by atoms with Crippen LogP contribution in [0, 0.1) is 6.92 Å². The molecule has 0 amide bonds. The van der Waals surface area contributed by atoms with E-state index in [4.69, 9.17) is 4.55 Å². The Bertz CT molecular complexity index is 341. The zero-order valence-corrected chi connectivity index (χ0v) is 8.17. The molecule has 0 spiro atoms. The van der Waals surface area contributed by atoms with Crippen molar-refractivity contribution in [1.82, 2.24) is 0 Å². The molecule has 69 valence electrons. The monoisotopic (exact) mass is 231 g/mol. The summed E-state index contributed by atoms with van der Waals surface area (Å²) in [4.78, 5) is -0.0666. The molecule has 0 unspecified atom stereocenters. The molecule has 12 heavy (non-hydrogen) atoms. The summed E-state index contributed by atoms with van der Waals surface area (Å²) in [5.74, 6) is 0. The molecular weight excluding hydrogens is 223 g/mol. The third-order valence-corrected chi connectivity index (χ3v) is 2.19. The molecule has 1 radical (unpaired) electrons. The summed E-state index contributed by atoms with van der Waals surface area (Å²) in [6.07, 6.45) is 0. The van der Waals surface area contributed by atoms with E-state index in [1.165, 1.54) is 12.1 Å². The zero-order chi connectivity index (χ0) is 8.48. The van der Waals surface area contributed by atoms with E-state index >= 15 is 0 Å². The molecule has 0 aliphatic heterocycles. The Morgan fingerprint density at radius 3 is 1.92 bits per heavy atom. The van der Waals surface area contributed by atoms with Gasteiger partial charge in [0.05, 0.1) is 4.90 Å². The van der Waals surface area contributed by atoms with Gasteiger partial charge in [0.15, 0.2) is 0 Å². The molecule has 1 N–H and O–H groups in total. The molecule has 0 aliphatic rings. The van der Waals surface area contributed by atoms with Gasteiger partial charge in [0.25, 0.3) is 10.1 Å². The first kappa shape index (κ1) is 11.6. The normalized spacial score (nSPS) is 10.5. The van der Waals surface area contributed by atoms with Gasteiger partial charge in [-0.05, 0) is 19.1 Å². The fraction of sp³-hybridized carbons (Fsp3) is 0.143. The van der Waals surface area contributed by atoms with Crippen LogP contribution >= 0.6 is 0 Å². The van der Waals surface area contributed by atoms with Gasteiger partial charge >= 0.3 is 0 Å². The van der Waals surface area contributed by atoms with Crippen molar-refractivity contribution in [2.75, 3.05) is 0 Å². The van der Waals surface area contributed by atoms with E-state index in [0.29, 0.717) is 0 Å². The van der Waals surface area contributed by atoms with E-state index in [1.54, 1.807) is 12.1 Å². The van der Waals surface area contributed by atoms with Crippen LogP contribution in [0.2, 0.25) is 0 Å². The van der Waals surface area contributed by atoms with Gasteiger partial charge in [0.2, 0.25) is 0 Å². The number of rotatable bonds is 1. The topological polar surface area (TPSA) is 54.4 Å². The minimum Gasteiger partial charge on any atom is -0.282 e. The fourth-order valence-corrected chi connectivity index (χ4v) is 1.19. The summed E-state index contributed by atoms with van der Waals surface area (Å²) < 4.78 is 29.6. The summed E-state index contributed by atoms with van der Waals surface area (Å²) in [7, 11) is -4.02. The number of aryl methyl sites for hydroxylation is 1. The summed E-state index contributed by atoms with van der Waals surface area (Å²) >= 11 is 0. The van der Waals surface area contributed by atoms with Crippen LogP contribution in [0.3, 0.4) is 0 Å². The van der Waals surface area contributed by atoms with Crippen molar-refractivity contribution in [2.45, 2.75) is 11.8 Å². The van der Waals surface area contributed by atoms with Crippen LogP contribution in [-0.2, 0) is 26.9 Å². The Hall–Kier alpha value is -0.364. The quantitative estimate of drug-likeness (QED) is 0.740. The van der Waals surface area contributed by atoms with Crippen molar-refractivity contribution < 1.29 is 29.7 Å². The predicted octanol–water partition coefficient (Wildman–Crippen LogP) is 1.24. The average Bonchev–Trinajstić information content (AvgIpc) is 1.86. The molecule has 0 aromatic heterocycles. The van der Waals surface area contributed by atoms with Crippen LogP contribution in [0.15, 0.2) is 29.2 Å². The third-order valence-electron chi connectivity index (χ3n) is 1.32. The Kier molecular flexibility index (Phi) is 3.92. The Morgan fingerprint density at radius 1 is 1.17 bits per heavy atom. The second kappa shape index (κ2) is 4.04. The first-order valence-corrected chi connectivity index (χ1v) is 4.48. The first-order valence-electron chi connectivity index (χ1n) is 3.04. The molecule has 0 bridgehead atoms. The van der Waals surface area contributed by atoms with Gasteiger partial charge < -0.3 is 0 Å². The second-order valence-corrected chi connectivity index (χ2v) is 3.71. The minimum atomic E-state index is -4.02. The Balaban J connectivity index is 0.00000121. The van der Waals surface area contributed by atoms with E-state index in [0.717, 1.165) is 5.56 Å². The minimum absolute atomic E-state index is 0. The van der Waals surface area contributed by atoms with E-state index in [9.17, 15) is 8.42 Å². The van der Waals surface area contributed by atoms with Crippen molar-refractivity contribution in [1.29, 1.82) is 0 Å². The first-order chi connectivity index (χ1) is 5.00. The third kappa shape index (κ3) is 2.94. The average molecular weight is 231 g/mol. The summed E-state index contributed by atoms with van der Waals surface area (Å²) in [6.45, 7) is 1.84. The summed E-state index contributed by atoms with van der Waals surface area (Å²) in [5, 5.41) is 0. The van der Waals surface area contributed by atoms with E-state index < -0.39 is 10.1 Å². The van der Waals surface area contributed by atoms with Crippen molar-refractivity contribution in [3.05, 3.63) is 29.8 Å². The summed E-state index contributed by atoms with van der Waals surface area (Å²) in [5.41, 5.74) is 0.956. The van der Waals surface area contributed by atoms with Crippen molar-refractivity contribution in [3.63, 3.8) is 0 Å². The van der Waals surface area contributed by atoms with Crippen molar-refractivity contribution >= 4 is 10.1 Å². The van der Waals surface area contributed by atoms with Crippen LogP contribution in [-0.4, -0.2) is 13.0 Å². The van der Waals surface area contributed by atoms with Gasteiger partial charge in [0, 0.05) is 16.8 Å². The van der Waals surface area contributed by atoms with Crippen LogP contribution in [0.1, 0.15) is 5.56 Å². The van der Waals surface area contributed by atoms with Crippen LogP contribution in [0.5, 0.6) is 0 Å². The molecular formula is C7H8CoO3S. The molecule has 0 saturated carbocycles. The number of hydrogen-bond acceptors (Lipinski definition) is 2. The van der Waals surface area contributed by atoms with Crippen LogP contribution in [0.25, 0.3) is 0 Å². The van der Waals surface area contributed by atoms with Gasteiger partial charge in [-0.15, -0.1) is 0 Å². The maximum Gasteiger partial charge on any atom is 0.294 e. The molecule has 1 aromatic rings. The molecule has 3 nitrogen and oxygen atoms in total. The van der Waals surface area contributed by atoms with Crippen LogP contribution in [0.4, 0.5) is 0 Å². The number of hydrogen-bond donors (Lipinski definition) is 1. The summed E-state index contributed by atoms with van der Waals surface area (Å²) in [6, 6.07) is 5.99. The van der Waals surface area contributed by atoms with Gasteiger partial charge in [-0.25, -0.2) is 0 Å². The molecule has 0 saturated heterocycles. The van der Waals surface area contributed by atoms with Gasteiger partial charge in [0.1, 0.15) is 0 Å². The van der Waals surface area contributed by atoms with Gasteiger partial charge in [-0.1, -0.05) is 17.7 Å². The predicted molar refractivity (Wildman–Crippen MR) is 41.0 cm³/mol. The smallest absolute Gasteiger partial charge is 0.282 e. The van der Waals surface area contributed by atoms with E-state index in [2.05, 4.69) is 0 Å². The Labute approximate surface area is 81.7 Å². The molecule has 1 rings (SSSR count). The maximum atomic E-state index is 10.5. The molecule has 0 atom stereocenters. The largest absolute Gasteiger partial charge is 0.294 e. The van der Waals surface area contributed by atoms with Crippen LogP contribution < -0.4 is 0 Å². The molecule has 1 aromatic carbocycles. The maximum absolute atomic E-state index is 10.5. The molecule has 5 heteroatoms. The molecule has 0 aliphatic carbocycles. The van der Waals surface area contributed by atoms with Gasteiger partial charge in [-0.2, -0.15) is 8.42 Å². The second-order valence-electron chi connectivity index (χ2n) is 2.29. The Morgan fingerprint density at radius 2 is 1.58 bits per heavy atom. The van der Waals surface area contributed by atoms with Crippen molar-refractivity contribution in [2.24, 2.45) is 0 Å². The zero-order valence-electron chi connectivity index (χ0n) is 6.31. The standard InChI is InChI=1S/C7H8O3S.Co/c1-6-2-4-7(5-3-6)11(8,9)10;/h2-5H,1H3,(H,8,9,10);. The van der Waals surface area contributed by atoms with Gasteiger partial charge in [-0.3, -0.25) is 4.55 Å². The fourth-order valence-electron chi connectivity index (χ4n) is 0.710.